The summed E-state index contributed by atoms with van der Waals surface area (Å²) in [5.74, 6) is 4.68. The molecule has 2 N–H and O–H groups in total. The quantitative estimate of drug-likeness (QED) is 0.415. The van der Waals surface area contributed by atoms with Crippen LogP contribution >= 0.6 is 0 Å². The van der Waals surface area contributed by atoms with Gasteiger partial charge in [0.05, 0.1) is 6.10 Å². The van der Waals surface area contributed by atoms with Gasteiger partial charge in [-0.25, -0.2) is 0 Å². The molecular formula is C30H51NO2. The highest BCUT2D eigenvalue weighted by atomic mass is 16.3. The zero-order chi connectivity index (χ0) is 24.0. The van der Waals surface area contributed by atoms with E-state index in [9.17, 15) is 9.90 Å². The van der Waals surface area contributed by atoms with Crippen LogP contribution in [-0.4, -0.2) is 23.7 Å². The molecule has 188 valence electrons. The molecule has 0 aromatic carbocycles. The van der Waals surface area contributed by atoms with Crippen LogP contribution in [0.4, 0.5) is 0 Å². The maximum absolute atomic E-state index is 13.2. The van der Waals surface area contributed by atoms with Crippen molar-refractivity contribution >= 4 is 5.91 Å². The molecule has 0 aliphatic heterocycles. The SMILES string of the molecule is CCNC(=O)C1C[C@H](O)CC2=CC[C@H]3[C@@H]4CC[C@H]([C@H](C)CCCC(C)C)[C@@]4(C)CC[C@@H]3[C@@]21C. The van der Waals surface area contributed by atoms with Crippen molar-refractivity contribution in [3.05, 3.63) is 11.6 Å². The maximum Gasteiger partial charge on any atom is 0.224 e. The van der Waals surface area contributed by atoms with Gasteiger partial charge in [0.15, 0.2) is 0 Å². The second-order valence-corrected chi connectivity index (χ2v) is 13.2. The topological polar surface area (TPSA) is 49.3 Å². The fraction of sp³-hybridized carbons (Fsp3) is 0.900. The summed E-state index contributed by atoms with van der Waals surface area (Å²) >= 11 is 0. The molecule has 9 atom stereocenters. The largest absolute Gasteiger partial charge is 0.393 e. The Balaban J connectivity index is 1.56. The summed E-state index contributed by atoms with van der Waals surface area (Å²) < 4.78 is 0. The first-order valence-corrected chi connectivity index (χ1v) is 14.3. The van der Waals surface area contributed by atoms with E-state index in [0.717, 1.165) is 30.1 Å². The molecule has 3 nitrogen and oxygen atoms in total. The van der Waals surface area contributed by atoms with E-state index in [0.29, 0.717) is 30.2 Å². The number of nitrogens with one attached hydrogen (secondary N) is 1. The van der Waals surface area contributed by atoms with Gasteiger partial charge in [0.1, 0.15) is 0 Å². The highest BCUT2D eigenvalue weighted by molar-refractivity contribution is 5.80. The highest BCUT2D eigenvalue weighted by Gasteiger charge is 2.61. The van der Waals surface area contributed by atoms with E-state index in [-0.39, 0.29) is 23.3 Å². The van der Waals surface area contributed by atoms with Gasteiger partial charge in [-0.1, -0.05) is 65.5 Å². The monoisotopic (exact) mass is 457 g/mol. The molecule has 0 bridgehead atoms. The first-order chi connectivity index (χ1) is 15.6. The van der Waals surface area contributed by atoms with E-state index < -0.39 is 0 Å². The fourth-order valence-electron chi connectivity index (χ4n) is 9.44. The summed E-state index contributed by atoms with van der Waals surface area (Å²) in [6, 6.07) is 0. The van der Waals surface area contributed by atoms with E-state index in [2.05, 4.69) is 46.0 Å². The van der Waals surface area contributed by atoms with Crippen molar-refractivity contribution < 1.29 is 9.90 Å². The Morgan fingerprint density at radius 1 is 1.15 bits per heavy atom. The van der Waals surface area contributed by atoms with Gasteiger partial charge < -0.3 is 10.4 Å². The number of rotatable bonds is 7. The van der Waals surface area contributed by atoms with Gasteiger partial charge in [0.2, 0.25) is 5.91 Å². The van der Waals surface area contributed by atoms with Gasteiger partial charge in [-0.15, -0.1) is 0 Å². The van der Waals surface area contributed by atoms with Gasteiger partial charge in [-0.05, 0) is 92.8 Å². The molecule has 0 spiro atoms. The Hall–Kier alpha value is -0.830. The molecule has 3 fully saturated rings. The Labute approximate surface area is 203 Å². The number of hydrogen-bond donors (Lipinski definition) is 2. The van der Waals surface area contributed by atoms with Crippen LogP contribution in [0.25, 0.3) is 0 Å². The molecule has 4 aliphatic rings. The average molecular weight is 458 g/mol. The van der Waals surface area contributed by atoms with Gasteiger partial charge in [0.25, 0.3) is 0 Å². The molecule has 0 aromatic heterocycles. The maximum atomic E-state index is 13.2. The molecule has 4 rings (SSSR count). The van der Waals surface area contributed by atoms with Crippen LogP contribution in [0.2, 0.25) is 0 Å². The molecule has 0 heterocycles. The minimum atomic E-state index is -0.370. The zero-order valence-electron chi connectivity index (χ0n) is 22.3. The number of fused-ring (bicyclic) bond motifs is 5. The molecular weight excluding hydrogens is 406 g/mol. The van der Waals surface area contributed by atoms with E-state index in [4.69, 9.17) is 0 Å². The summed E-state index contributed by atoms with van der Waals surface area (Å²) in [6.45, 7) is 14.9. The van der Waals surface area contributed by atoms with Crippen molar-refractivity contribution in [2.45, 2.75) is 112 Å². The molecule has 4 aliphatic carbocycles. The van der Waals surface area contributed by atoms with Gasteiger partial charge >= 0.3 is 0 Å². The molecule has 1 unspecified atom stereocenters. The van der Waals surface area contributed by atoms with E-state index in [1.165, 1.54) is 56.9 Å². The Bertz CT molecular complexity index is 744. The van der Waals surface area contributed by atoms with Crippen LogP contribution in [0.1, 0.15) is 106 Å². The summed E-state index contributed by atoms with van der Waals surface area (Å²) in [5, 5.41) is 13.7. The number of aliphatic hydroxyl groups is 1. The lowest BCUT2D eigenvalue weighted by atomic mass is 9.44. The van der Waals surface area contributed by atoms with Crippen LogP contribution < -0.4 is 5.32 Å². The van der Waals surface area contributed by atoms with Crippen molar-refractivity contribution in [1.29, 1.82) is 0 Å². The summed E-state index contributed by atoms with van der Waals surface area (Å²) in [5.41, 5.74) is 1.78. The lowest BCUT2D eigenvalue weighted by molar-refractivity contribution is -0.138. The Morgan fingerprint density at radius 3 is 2.61 bits per heavy atom. The lowest BCUT2D eigenvalue weighted by Gasteiger charge is -2.60. The van der Waals surface area contributed by atoms with Crippen LogP contribution in [0, 0.1) is 52.3 Å². The average Bonchev–Trinajstić information content (AvgIpc) is 3.11. The number of aliphatic hydroxyl groups excluding tert-OH is 1. The standard InChI is InChI=1S/C30H51NO2/c1-7-31-28(33)27-18-22(32)17-21-11-12-23-25-14-13-24(20(4)10-8-9-19(2)3)29(25,5)16-15-26(23)30(21,27)6/h11,19-20,22-27,32H,7-10,12-18H2,1-6H3,(H,31,33)/t20-,22-,23+,24-,25+,26+,27?,29-,30-/m1/s1. The second kappa shape index (κ2) is 9.67. The molecule has 33 heavy (non-hydrogen) atoms. The first-order valence-electron chi connectivity index (χ1n) is 14.3. The van der Waals surface area contributed by atoms with E-state index >= 15 is 0 Å². The third kappa shape index (κ3) is 4.34. The van der Waals surface area contributed by atoms with Crippen LogP contribution in [0.15, 0.2) is 11.6 Å². The van der Waals surface area contributed by atoms with Gasteiger partial charge in [0, 0.05) is 17.9 Å². The normalized spacial score (nSPS) is 43.3. The van der Waals surface area contributed by atoms with E-state index in [1.54, 1.807) is 0 Å². The summed E-state index contributed by atoms with van der Waals surface area (Å²) in [6.07, 6.45) is 14.2. The third-order valence-electron chi connectivity index (χ3n) is 11.1. The lowest BCUT2D eigenvalue weighted by Crippen LogP contribution is -2.56. The minimum absolute atomic E-state index is 0.0797. The van der Waals surface area contributed by atoms with Gasteiger partial charge in [-0.2, -0.15) is 0 Å². The molecule has 0 aromatic rings. The van der Waals surface area contributed by atoms with Crippen molar-refractivity contribution in [3.63, 3.8) is 0 Å². The number of carbonyl (C=O) groups is 1. The highest BCUT2D eigenvalue weighted by Crippen LogP contribution is 2.68. The molecule has 3 saturated carbocycles. The minimum Gasteiger partial charge on any atom is -0.393 e. The molecule has 0 radical (unpaired) electrons. The van der Waals surface area contributed by atoms with Crippen molar-refractivity contribution in [2.24, 2.45) is 52.3 Å². The molecule has 3 heteroatoms. The number of allylic oxidation sites excluding steroid dienone is 1. The number of carbonyl (C=O) groups excluding carboxylic acids is 1. The van der Waals surface area contributed by atoms with Crippen molar-refractivity contribution in [2.75, 3.05) is 6.54 Å². The van der Waals surface area contributed by atoms with Gasteiger partial charge in [-0.3, -0.25) is 4.79 Å². The predicted molar refractivity (Wildman–Crippen MR) is 137 cm³/mol. The summed E-state index contributed by atoms with van der Waals surface area (Å²) in [7, 11) is 0. The number of hydrogen-bond acceptors (Lipinski definition) is 2. The number of amides is 1. The van der Waals surface area contributed by atoms with Crippen LogP contribution in [0.5, 0.6) is 0 Å². The molecule has 1 amide bonds. The third-order valence-corrected chi connectivity index (χ3v) is 11.1. The van der Waals surface area contributed by atoms with Crippen LogP contribution in [0.3, 0.4) is 0 Å². The van der Waals surface area contributed by atoms with E-state index in [1.807, 2.05) is 6.92 Å². The Morgan fingerprint density at radius 2 is 1.91 bits per heavy atom. The molecule has 0 saturated heterocycles. The fourth-order valence-corrected chi connectivity index (χ4v) is 9.44. The smallest absolute Gasteiger partial charge is 0.224 e. The second-order valence-electron chi connectivity index (χ2n) is 13.2. The predicted octanol–water partition coefficient (Wildman–Crippen LogP) is 6.75. The van der Waals surface area contributed by atoms with Crippen molar-refractivity contribution in [3.8, 4) is 0 Å². The zero-order valence-corrected chi connectivity index (χ0v) is 22.3. The van der Waals surface area contributed by atoms with Crippen molar-refractivity contribution in [1.82, 2.24) is 5.32 Å². The van der Waals surface area contributed by atoms with Crippen LogP contribution in [-0.2, 0) is 4.79 Å². The summed E-state index contributed by atoms with van der Waals surface area (Å²) in [4.78, 5) is 13.2. The first kappa shape index (κ1) is 25.3. The Kier molecular flexibility index (Phi) is 7.40.